The van der Waals surface area contributed by atoms with Gasteiger partial charge in [0, 0.05) is 6.42 Å². The highest BCUT2D eigenvalue weighted by Crippen LogP contribution is 2.28. The summed E-state index contributed by atoms with van der Waals surface area (Å²) < 4.78 is 5.01. The normalized spacial score (nSPS) is 19.7. The number of hydrogen-bond donors (Lipinski definition) is 0. The van der Waals surface area contributed by atoms with Crippen LogP contribution in [0.2, 0.25) is 0 Å². The van der Waals surface area contributed by atoms with Crippen molar-refractivity contribution >= 4 is 11.8 Å². The first-order chi connectivity index (χ1) is 8.15. The van der Waals surface area contributed by atoms with Gasteiger partial charge >= 0.3 is 6.09 Å². The van der Waals surface area contributed by atoms with Gasteiger partial charge in [-0.25, -0.2) is 4.79 Å². The second-order valence-electron chi connectivity index (χ2n) is 4.14. The molecule has 0 aliphatic carbocycles. The Morgan fingerprint density at radius 2 is 2.24 bits per heavy atom. The van der Waals surface area contributed by atoms with E-state index in [1.54, 1.807) is 0 Å². The fourth-order valence-electron chi connectivity index (χ4n) is 1.97. The largest absolute Gasteiger partial charge is 0.449 e. The number of anilines is 1. The molecule has 4 heteroatoms. The van der Waals surface area contributed by atoms with Gasteiger partial charge in [0.15, 0.2) is 0 Å². The van der Waals surface area contributed by atoms with Crippen LogP contribution >= 0.6 is 0 Å². The summed E-state index contributed by atoms with van der Waals surface area (Å²) >= 11 is 0. The van der Waals surface area contributed by atoms with Gasteiger partial charge in [-0.3, -0.25) is 4.90 Å². The first-order valence-corrected chi connectivity index (χ1v) is 5.57. The zero-order valence-corrected chi connectivity index (χ0v) is 9.93. The minimum atomic E-state index is -0.434. The number of benzene rings is 1. The minimum absolute atomic E-state index is 0.318. The molecule has 1 amide bonds. The van der Waals surface area contributed by atoms with Crippen LogP contribution in [0.4, 0.5) is 10.5 Å². The lowest BCUT2D eigenvalue weighted by Gasteiger charge is -2.32. The van der Waals surface area contributed by atoms with E-state index in [0.717, 1.165) is 16.8 Å². The molecular weight excluding hydrogens is 216 g/mol. The van der Waals surface area contributed by atoms with Gasteiger partial charge in [-0.15, -0.1) is 0 Å². The van der Waals surface area contributed by atoms with E-state index in [1.165, 1.54) is 4.90 Å². The minimum Gasteiger partial charge on any atom is -0.449 e. The quantitative estimate of drug-likeness (QED) is 0.745. The number of aryl methyl sites for hydroxylation is 1. The third-order valence-electron chi connectivity index (χ3n) is 3.11. The van der Waals surface area contributed by atoms with Gasteiger partial charge in [0.25, 0.3) is 0 Å². The average Bonchev–Trinajstić information content (AvgIpc) is 2.33. The van der Waals surface area contributed by atoms with Crippen molar-refractivity contribution in [3.63, 3.8) is 0 Å². The summed E-state index contributed by atoms with van der Waals surface area (Å²) in [5, 5.41) is 9.10. The molecule has 1 fully saturated rings. The van der Waals surface area contributed by atoms with Gasteiger partial charge in [-0.05, 0) is 31.0 Å². The highest BCUT2D eigenvalue weighted by Gasteiger charge is 2.31. The first kappa shape index (κ1) is 11.5. The van der Waals surface area contributed by atoms with Crippen LogP contribution in [-0.4, -0.2) is 18.7 Å². The van der Waals surface area contributed by atoms with Crippen LogP contribution in [0, 0.1) is 25.2 Å². The molecule has 0 saturated carbocycles. The van der Waals surface area contributed by atoms with Crippen LogP contribution in [0.1, 0.15) is 17.5 Å². The zero-order chi connectivity index (χ0) is 12.4. The predicted octanol–water partition coefficient (Wildman–Crippen LogP) is 2.54. The Morgan fingerprint density at radius 1 is 1.47 bits per heavy atom. The molecule has 0 radical (unpaired) electrons. The summed E-state index contributed by atoms with van der Waals surface area (Å²) in [5.74, 6) is 0. The van der Waals surface area contributed by atoms with Gasteiger partial charge in [0.2, 0.25) is 0 Å². The van der Waals surface area contributed by atoms with Crippen molar-refractivity contribution in [3.05, 3.63) is 29.3 Å². The van der Waals surface area contributed by atoms with Crippen LogP contribution in [0.25, 0.3) is 0 Å². The van der Waals surface area contributed by atoms with Crippen molar-refractivity contribution in [1.82, 2.24) is 0 Å². The second kappa shape index (κ2) is 4.46. The molecule has 1 unspecified atom stereocenters. The molecule has 0 spiro atoms. The number of nitrogens with zero attached hydrogens (tertiary/aromatic N) is 2. The van der Waals surface area contributed by atoms with Crippen LogP contribution < -0.4 is 4.90 Å². The molecule has 0 bridgehead atoms. The lowest BCUT2D eigenvalue weighted by Crippen LogP contribution is -2.45. The molecule has 1 aromatic carbocycles. The maximum absolute atomic E-state index is 11.8. The van der Waals surface area contributed by atoms with Crippen LogP contribution in [-0.2, 0) is 4.74 Å². The molecular formula is C13H14N2O2. The smallest absolute Gasteiger partial charge is 0.415 e. The lowest BCUT2D eigenvalue weighted by molar-refractivity contribution is 0.134. The van der Waals surface area contributed by atoms with E-state index in [4.69, 9.17) is 10.00 Å². The number of carbonyl (C=O) groups is 1. The van der Waals surface area contributed by atoms with E-state index in [2.05, 4.69) is 6.07 Å². The number of nitriles is 1. The van der Waals surface area contributed by atoms with Crippen molar-refractivity contribution in [2.24, 2.45) is 0 Å². The van der Waals surface area contributed by atoms with Crippen LogP contribution in [0.3, 0.4) is 0 Å². The Labute approximate surface area is 100 Å². The lowest BCUT2D eigenvalue weighted by atomic mass is 10.1. The zero-order valence-electron chi connectivity index (χ0n) is 9.93. The Bertz CT molecular complexity index is 491. The standard InChI is InChI=1S/C13H14N2O2/c1-9-4-3-5-12(10(9)2)15-11(8-14)6-7-17-13(15)16/h3-5,11H,6-7H2,1-2H3. The highest BCUT2D eigenvalue weighted by atomic mass is 16.6. The molecule has 2 rings (SSSR count). The fourth-order valence-corrected chi connectivity index (χ4v) is 1.97. The number of hydrogen-bond acceptors (Lipinski definition) is 3. The molecule has 4 nitrogen and oxygen atoms in total. The van der Waals surface area contributed by atoms with E-state index in [9.17, 15) is 4.79 Å². The molecule has 1 aromatic rings. The molecule has 1 atom stereocenters. The number of carbonyl (C=O) groups excluding carboxylic acids is 1. The Balaban J connectivity index is 2.46. The summed E-state index contributed by atoms with van der Waals surface area (Å²) in [6.45, 7) is 4.24. The van der Waals surface area contributed by atoms with Gasteiger partial charge in [-0.1, -0.05) is 12.1 Å². The third-order valence-corrected chi connectivity index (χ3v) is 3.11. The van der Waals surface area contributed by atoms with E-state index in [0.29, 0.717) is 13.0 Å². The monoisotopic (exact) mass is 230 g/mol. The van der Waals surface area contributed by atoms with Gasteiger partial charge in [0.05, 0.1) is 18.4 Å². The number of amides is 1. The van der Waals surface area contributed by atoms with Gasteiger partial charge < -0.3 is 4.74 Å². The van der Waals surface area contributed by atoms with Crippen molar-refractivity contribution in [2.45, 2.75) is 26.3 Å². The van der Waals surface area contributed by atoms with Crippen molar-refractivity contribution in [3.8, 4) is 6.07 Å². The van der Waals surface area contributed by atoms with E-state index < -0.39 is 12.1 Å². The first-order valence-electron chi connectivity index (χ1n) is 5.57. The molecule has 0 N–H and O–H groups in total. The van der Waals surface area contributed by atoms with Gasteiger partial charge in [-0.2, -0.15) is 5.26 Å². The summed E-state index contributed by atoms with van der Waals surface area (Å²) in [5.41, 5.74) is 2.87. The molecule has 1 heterocycles. The number of ether oxygens (including phenoxy) is 1. The maximum Gasteiger partial charge on any atom is 0.415 e. The van der Waals surface area contributed by atoms with E-state index >= 15 is 0 Å². The number of cyclic esters (lactones) is 1. The van der Waals surface area contributed by atoms with Gasteiger partial charge in [0.1, 0.15) is 6.04 Å². The second-order valence-corrected chi connectivity index (χ2v) is 4.14. The Kier molecular flexibility index (Phi) is 3.01. The Hall–Kier alpha value is -2.02. The van der Waals surface area contributed by atoms with Crippen LogP contribution in [0.5, 0.6) is 0 Å². The SMILES string of the molecule is Cc1cccc(N2C(=O)OCCC2C#N)c1C. The predicted molar refractivity (Wildman–Crippen MR) is 63.8 cm³/mol. The van der Waals surface area contributed by atoms with Crippen molar-refractivity contribution in [2.75, 3.05) is 11.5 Å². The summed E-state index contributed by atoms with van der Waals surface area (Å²) in [6.07, 6.45) is 0.117. The summed E-state index contributed by atoms with van der Waals surface area (Å²) in [6, 6.07) is 7.43. The molecule has 1 aliphatic heterocycles. The number of rotatable bonds is 1. The fraction of sp³-hybridized carbons (Fsp3) is 0.385. The molecule has 1 saturated heterocycles. The average molecular weight is 230 g/mol. The topological polar surface area (TPSA) is 53.3 Å². The summed E-state index contributed by atoms with van der Waals surface area (Å²) in [7, 11) is 0. The van der Waals surface area contributed by atoms with Crippen LogP contribution in [0.15, 0.2) is 18.2 Å². The van der Waals surface area contributed by atoms with E-state index in [1.807, 2.05) is 32.0 Å². The maximum atomic E-state index is 11.8. The Morgan fingerprint density at radius 3 is 2.94 bits per heavy atom. The highest BCUT2D eigenvalue weighted by molar-refractivity contribution is 5.90. The third kappa shape index (κ3) is 1.96. The molecule has 0 aromatic heterocycles. The summed E-state index contributed by atoms with van der Waals surface area (Å²) in [4.78, 5) is 13.2. The van der Waals surface area contributed by atoms with E-state index in [-0.39, 0.29) is 0 Å². The molecule has 17 heavy (non-hydrogen) atoms. The van der Waals surface area contributed by atoms with Crippen molar-refractivity contribution < 1.29 is 9.53 Å². The molecule has 1 aliphatic rings. The van der Waals surface area contributed by atoms with Crippen molar-refractivity contribution in [1.29, 1.82) is 5.26 Å². The molecule has 88 valence electrons.